The summed E-state index contributed by atoms with van der Waals surface area (Å²) in [7, 11) is 1.48. The zero-order valence-electron chi connectivity index (χ0n) is 17.2. The first kappa shape index (κ1) is 22.7. The van der Waals surface area contributed by atoms with Gasteiger partial charge in [-0.25, -0.2) is 4.39 Å². The van der Waals surface area contributed by atoms with Crippen molar-refractivity contribution in [3.05, 3.63) is 88.8 Å². The van der Waals surface area contributed by atoms with Crippen LogP contribution in [0.4, 0.5) is 28.9 Å². The minimum atomic E-state index is -4.40. The van der Waals surface area contributed by atoms with Gasteiger partial charge in [0.25, 0.3) is 0 Å². The lowest BCUT2D eigenvalue weighted by Crippen LogP contribution is -2.05. The number of anilines is 2. The van der Waals surface area contributed by atoms with Crippen LogP contribution >= 0.6 is 11.6 Å². The number of nitrogens with one attached hydrogen (secondary N) is 1. The second-order valence-corrected chi connectivity index (χ2v) is 7.52. The van der Waals surface area contributed by atoms with E-state index in [9.17, 15) is 17.6 Å². The normalized spacial score (nSPS) is 11.5. The number of pyridine rings is 1. The highest BCUT2D eigenvalue weighted by atomic mass is 35.5. The summed E-state index contributed by atoms with van der Waals surface area (Å²) in [5, 5.41) is 3.86. The monoisotopic (exact) mass is 476 g/mol. The Morgan fingerprint density at radius 1 is 0.970 bits per heavy atom. The van der Waals surface area contributed by atoms with Crippen molar-refractivity contribution < 1.29 is 27.0 Å². The molecule has 0 unspecified atom stereocenters. The molecule has 0 atom stereocenters. The van der Waals surface area contributed by atoms with Crippen LogP contribution in [0.2, 0.25) is 5.02 Å². The fraction of sp³-hybridized carbons (Fsp3) is 0.125. The Morgan fingerprint density at radius 3 is 2.39 bits per heavy atom. The molecule has 0 radical (unpaired) electrons. The molecule has 0 saturated carbocycles. The Labute approximate surface area is 191 Å². The fourth-order valence-electron chi connectivity index (χ4n) is 3.22. The van der Waals surface area contributed by atoms with Gasteiger partial charge in [0.15, 0.2) is 11.5 Å². The van der Waals surface area contributed by atoms with Crippen molar-refractivity contribution in [3.8, 4) is 11.5 Å². The number of ether oxygens (including phenoxy) is 2. The first-order valence-corrected chi connectivity index (χ1v) is 10.1. The number of hydrogen-bond acceptors (Lipinski definition) is 4. The molecule has 0 fully saturated rings. The van der Waals surface area contributed by atoms with Crippen molar-refractivity contribution in [2.24, 2.45) is 0 Å². The highest BCUT2D eigenvalue weighted by Crippen LogP contribution is 2.36. The van der Waals surface area contributed by atoms with E-state index in [4.69, 9.17) is 21.1 Å². The van der Waals surface area contributed by atoms with Crippen molar-refractivity contribution in [2.45, 2.75) is 12.8 Å². The van der Waals surface area contributed by atoms with Gasteiger partial charge in [0.2, 0.25) is 0 Å². The zero-order valence-corrected chi connectivity index (χ0v) is 18.0. The van der Waals surface area contributed by atoms with Gasteiger partial charge in [0.05, 0.1) is 23.2 Å². The lowest BCUT2D eigenvalue weighted by atomic mass is 10.1. The van der Waals surface area contributed by atoms with Crippen molar-refractivity contribution in [1.82, 2.24) is 4.98 Å². The maximum atomic E-state index is 13.5. The van der Waals surface area contributed by atoms with Crippen LogP contribution in [0.25, 0.3) is 10.9 Å². The molecule has 0 spiro atoms. The quantitative estimate of drug-likeness (QED) is 0.295. The topological polar surface area (TPSA) is 43.4 Å². The van der Waals surface area contributed by atoms with E-state index in [0.29, 0.717) is 39.3 Å². The molecule has 0 aliphatic carbocycles. The average Bonchev–Trinajstić information content (AvgIpc) is 2.79. The smallest absolute Gasteiger partial charge is 0.416 e. The molecule has 33 heavy (non-hydrogen) atoms. The standard InChI is InChI=1S/C24H17ClF4N2O2/c1-32-22-12-21-17(20(8-9-30-21)31-16-6-7-19(26)18(25)10-16)11-23(22)33-13-14-2-4-15(5-3-14)24(27,28)29/h2-12H,13H2,1H3,(H,30,31). The van der Waals surface area contributed by atoms with E-state index in [1.807, 2.05) is 0 Å². The molecule has 0 bridgehead atoms. The predicted octanol–water partition coefficient (Wildman–Crippen LogP) is 7.38. The molecule has 0 aliphatic heterocycles. The summed E-state index contributed by atoms with van der Waals surface area (Å²) in [5.74, 6) is 0.285. The predicted molar refractivity (Wildman–Crippen MR) is 119 cm³/mol. The molecule has 3 aromatic carbocycles. The molecule has 0 saturated heterocycles. The van der Waals surface area contributed by atoms with E-state index in [1.54, 1.807) is 30.5 Å². The Morgan fingerprint density at radius 2 is 1.73 bits per heavy atom. The van der Waals surface area contributed by atoms with E-state index in [2.05, 4.69) is 10.3 Å². The Hall–Kier alpha value is -3.52. The largest absolute Gasteiger partial charge is 0.493 e. The average molecular weight is 477 g/mol. The Kier molecular flexibility index (Phi) is 6.29. The van der Waals surface area contributed by atoms with E-state index in [1.165, 1.54) is 31.4 Å². The Bertz CT molecular complexity index is 1290. The molecule has 4 aromatic rings. The summed E-state index contributed by atoms with van der Waals surface area (Å²) in [5.41, 5.74) is 1.71. The van der Waals surface area contributed by atoms with Gasteiger partial charge in [-0.3, -0.25) is 4.98 Å². The van der Waals surface area contributed by atoms with Gasteiger partial charge in [-0.1, -0.05) is 23.7 Å². The van der Waals surface area contributed by atoms with Crippen LogP contribution in [0.5, 0.6) is 11.5 Å². The highest BCUT2D eigenvalue weighted by molar-refractivity contribution is 6.31. The molecule has 9 heteroatoms. The van der Waals surface area contributed by atoms with Crippen molar-refractivity contribution in [3.63, 3.8) is 0 Å². The molecule has 0 amide bonds. The number of fused-ring (bicyclic) bond motifs is 1. The summed E-state index contributed by atoms with van der Waals surface area (Å²) in [6.07, 6.45) is -2.79. The van der Waals surface area contributed by atoms with Crippen LogP contribution in [-0.2, 0) is 12.8 Å². The van der Waals surface area contributed by atoms with E-state index < -0.39 is 17.6 Å². The summed E-state index contributed by atoms with van der Waals surface area (Å²) in [4.78, 5) is 4.35. The van der Waals surface area contributed by atoms with Crippen molar-refractivity contribution >= 4 is 33.9 Å². The maximum absolute atomic E-state index is 13.5. The van der Waals surface area contributed by atoms with E-state index >= 15 is 0 Å². The molecule has 1 heterocycles. The van der Waals surface area contributed by atoms with E-state index in [0.717, 1.165) is 12.1 Å². The number of aromatic nitrogens is 1. The molecule has 0 aliphatic rings. The van der Waals surface area contributed by atoms with Gasteiger partial charge in [0, 0.05) is 29.0 Å². The first-order chi connectivity index (χ1) is 15.7. The second-order valence-electron chi connectivity index (χ2n) is 7.12. The number of hydrogen-bond donors (Lipinski definition) is 1. The van der Waals surface area contributed by atoms with Gasteiger partial charge in [-0.05, 0) is 48.0 Å². The van der Waals surface area contributed by atoms with Gasteiger partial charge in [-0.2, -0.15) is 13.2 Å². The summed E-state index contributed by atoms with van der Waals surface area (Å²) in [6.45, 7) is 0.0383. The van der Waals surface area contributed by atoms with Gasteiger partial charge in [0.1, 0.15) is 12.4 Å². The number of nitrogens with zero attached hydrogens (tertiary/aromatic N) is 1. The molecule has 1 aromatic heterocycles. The van der Waals surface area contributed by atoms with Crippen molar-refractivity contribution in [2.75, 3.05) is 12.4 Å². The van der Waals surface area contributed by atoms with Crippen molar-refractivity contribution in [1.29, 1.82) is 0 Å². The molecule has 1 N–H and O–H groups in total. The van der Waals surface area contributed by atoms with E-state index in [-0.39, 0.29) is 11.6 Å². The maximum Gasteiger partial charge on any atom is 0.416 e. The van der Waals surface area contributed by atoms with Crippen LogP contribution < -0.4 is 14.8 Å². The highest BCUT2D eigenvalue weighted by Gasteiger charge is 2.29. The molecule has 170 valence electrons. The third-order valence-electron chi connectivity index (χ3n) is 4.90. The second kappa shape index (κ2) is 9.15. The number of rotatable bonds is 6. The SMILES string of the molecule is COc1cc2nccc(Nc3ccc(F)c(Cl)c3)c2cc1OCc1ccc(C(F)(F)F)cc1. The minimum Gasteiger partial charge on any atom is -0.493 e. The zero-order chi connectivity index (χ0) is 23.6. The minimum absolute atomic E-state index is 0.0133. The van der Waals surface area contributed by atoms with Gasteiger partial charge < -0.3 is 14.8 Å². The van der Waals surface area contributed by atoms with Gasteiger partial charge >= 0.3 is 6.18 Å². The van der Waals surface area contributed by atoms with Crippen LogP contribution in [-0.4, -0.2) is 12.1 Å². The third kappa shape index (κ3) is 5.12. The third-order valence-corrected chi connectivity index (χ3v) is 5.19. The number of benzene rings is 3. The summed E-state index contributed by atoms with van der Waals surface area (Å²) in [6, 6.07) is 14.2. The fourth-order valence-corrected chi connectivity index (χ4v) is 3.40. The molecular weight excluding hydrogens is 460 g/mol. The number of methoxy groups -OCH3 is 1. The lowest BCUT2D eigenvalue weighted by Gasteiger charge is -2.15. The summed E-state index contributed by atoms with van der Waals surface area (Å²) < 4.78 is 63.0. The molecule has 4 nitrogen and oxygen atoms in total. The van der Waals surface area contributed by atoms with Crippen LogP contribution in [0.1, 0.15) is 11.1 Å². The number of halogens is 5. The molecule has 4 rings (SSSR count). The Balaban J connectivity index is 1.62. The molecular formula is C24H17ClF4N2O2. The van der Waals surface area contributed by atoms with Crippen LogP contribution in [0.15, 0.2) is 66.9 Å². The number of alkyl halides is 3. The van der Waals surface area contributed by atoms with Gasteiger partial charge in [-0.15, -0.1) is 0 Å². The van der Waals surface area contributed by atoms with Crippen LogP contribution in [0, 0.1) is 5.82 Å². The lowest BCUT2D eigenvalue weighted by molar-refractivity contribution is -0.137. The first-order valence-electron chi connectivity index (χ1n) is 9.72. The van der Waals surface area contributed by atoms with Crippen LogP contribution in [0.3, 0.4) is 0 Å². The summed E-state index contributed by atoms with van der Waals surface area (Å²) >= 11 is 5.87.